The third-order valence-electron chi connectivity index (χ3n) is 1.34. The van der Waals surface area contributed by atoms with Gasteiger partial charge in [-0.05, 0) is 0 Å². The summed E-state index contributed by atoms with van der Waals surface area (Å²) in [6.45, 7) is 0. The lowest BCUT2D eigenvalue weighted by atomic mass is 10.9. The smallest absolute Gasteiger partial charge is 0.210 e. The highest BCUT2D eigenvalue weighted by molar-refractivity contribution is 8.11. The minimum Gasteiger partial charge on any atom is -0.320 e. The predicted octanol–water partition coefficient (Wildman–Crippen LogP) is 0.479. The summed E-state index contributed by atoms with van der Waals surface area (Å²) >= 11 is 8.65. The monoisotopic (exact) mass is 187 g/mol. The molecule has 0 amide bonds. The number of rotatable bonds is 0. The molecule has 0 saturated carbocycles. The van der Waals surface area contributed by atoms with Crippen molar-refractivity contribution in [3.8, 4) is 0 Å². The van der Waals surface area contributed by atoms with Gasteiger partial charge in [-0.15, -0.1) is 12.6 Å². The Labute approximate surface area is 75.8 Å². The van der Waals surface area contributed by atoms with E-state index in [1.54, 1.807) is 0 Å². The van der Waals surface area contributed by atoms with Gasteiger partial charge in [0.15, 0.2) is 4.32 Å². The van der Waals surface area contributed by atoms with Crippen molar-refractivity contribution in [3.05, 3.63) is 18.0 Å². The summed E-state index contributed by atoms with van der Waals surface area (Å²) in [5, 5.41) is 0. The van der Waals surface area contributed by atoms with Crippen LogP contribution < -0.4 is 5.62 Å². The second kappa shape index (κ2) is 3.23. The molecule has 0 spiro atoms. The molecule has 0 fully saturated rings. The van der Waals surface area contributed by atoms with E-state index in [4.69, 9.17) is 12.2 Å². The van der Waals surface area contributed by atoms with Gasteiger partial charge in [-0.25, -0.2) is 0 Å². The van der Waals surface area contributed by atoms with Gasteiger partial charge in [0.25, 0.3) is 0 Å². The minimum absolute atomic E-state index is 0.349. The quantitative estimate of drug-likeness (QED) is 0.463. The first-order chi connectivity index (χ1) is 5.11. The maximum absolute atomic E-state index is 4.73. The number of nitrogens with zero attached hydrogens (tertiary/aromatic N) is 3. The van der Waals surface area contributed by atoms with E-state index in [0.29, 0.717) is 4.32 Å². The number of hydrogen-bond acceptors (Lipinski definition) is 1. The summed E-state index contributed by atoms with van der Waals surface area (Å²) in [7, 11) is 3.82. The molecule has 1 aromatic rings. The normalized spacial score (nSPS) is 9.73. The molecule has 0 aliphatic rings. The molecule has 0 atom stereocenters. The summed E-state index contributed by atoms with van der Waals surface area (Å²) < 4.78 is 4.10. The third kappa shape index (κ3) is 1.94. The molecule has 11 heavy (non-hydrogen) atoms. The zero-order chi connectivity index (χ0) is 8.43. The van der Waals surface area contributed by atoms with Crippen LogP contribution in [0.25, 0.3) is 0 Å². The van der Waals surface area contributed by atoms with Gasteiger partial charge in [-0.3, -0.25) is 0 Å². The topological polar surface area (TPSA) is 22.2 Å². The Morgan fingerprint density at radius 2 is 1.91 bits per heavy atom. The SMILES string of the molecule is Cn1ccn(C)c1=NC(=S)S. The minimum atomic E-state index is 0.349. The average molecular weight is 187 g/mol. The van der Waals surface area contributed by atoms with Gasteiger partial charge >= 0.3 is 0 Å². The number of aromatic nitrogens is 2. The summed E-state index contributed by atoms with van der Waals surface area (Å²) in [6.07, 6.45) is 3.82. The Bertz CT molecular complexity index is 311. The molecule has 1 rings (SSSR count). The molecule has 0 aromatic carbocycles. The Balaban J connectivity index is 3.31. The number of thiol groups is 1. The molecule has 3 nitrogen and oxygen atoms in total. The summed E-state index contributed by atoms with van der Waals surface area (Å²) in [5.74, 6) is 0. The third-order valence-corrected chi connectivity index (χ3v) is 1.53. The van der Waals surface area contributed by atoms with Crippen molar-refractivity contribution in [1.29, 1.82) is 0 Å². The van der Waals surface area contributed by atoms with Gasteiger partial charge in [0.05, 0.1) is 0 Å². The van der Waals surface area contributed by atoms with E-state index >= 15 is 0 Å². The van der Waals surface area contributed by atoms with Gasteiger partial charge in [-0.2, -0.15) is 4.99 Å². The molecule has 0 bridgehead atoms. The van der Waals surface area contributed by atoms with Gasteiger partial charge < -0.3 is 9.13 Å². The molecule has 0 radical (unpaired) electrons. The molecule has 5 heteroatoms. The van der Waals surface area contributed by atoms with Crippen LogP contribution in [-0.2, 0) is 14.1 Å². The Kier molecular flexibility index (Phi) is 2.51. The number of aryl methyl sites for hydroxylation is 2. The first-order valence-corrected chi connectivity index (χ1v) is 3.92. The van der Waals surface area contributed by atoms with Crippen LogP contribution in [0.1, 0.15) is 0 Å². The van der Waals surface area contributed by atoms with Crippen LogP contribution in [0.4, 0.5) is 0 Å². The second-order valence-corrected chi connectivity index (χ2v) is 3.33. The first kappa shape index (κ1) is 8.55. The molecule has 1 heterocycles. The van der Waals surface area contributed by atoms with Gasteiger partial charge in [0.1, 0.15) is 0 Å². The summed E-state index contributed by atoms with van der Waals surface area (Å²) in [4.78, 5) is 4.04. The lowest BCUT2D eigenvalue weighted by Gasteiger charge is -1.92. The zero-order valence-electron chi connectivity index (χ0n) is 6.35. The van der Waals surface area contributed by atoms with E-state index in [-0.39, 0.29) is 0 Å². The summed E-state index contributed by atoms with van der Waals surface area (Å²) in [6, 6.07) is 0. The van der Waals surface area contributed by atoms with Crippen LogP contribution in [0.3, 0.4) is 0 Å². The van der Waals surface area contributed by atoms with E-state index in [1.165, 1.54) is 0 Å². The molecule has 0 aliphatic carbocycles. The van der Waals surface area contributed by atoms with Crippen molar-refractivity contribution in [2.24, 2.45) is 19.1 Å². The van der Waals surface area contributed by atoms with Gasteiger partial charge in [0, 0.05) is 26.5 Å². The number of thiocarbonyl (C=S) groups is 1. The first-order valence-electron chi connectivity index (χ1n) is 3.07. The number of imidazole rings is 1. The van der Waals surface area contributed by atoms with Crippen LogP contribution in [-0.4, -0.2) is 13.5 Å². The maximum atomic E-state index is 4.73. The van der Waals surface area contributed by atoms with Crippen molar-refractivity contribution in [1.82, 2.24) is 9.13 Å². The van der Waals surface area contributed by atoms with Gasteiger partial charge in [0.2, 0.25) is 5.62 Å². The Morgan fingerprint density at radius 1 is 1.45 bits per heavy atom. The molecule has 60 valence electrons. The average Bonchev–Trinajstić information content (AvgIpc) is 2.18. The molecule has 0 N–H and O–H groups in total. The number of hydrogen-bond donors (Lipinski definition) is 1. The molecule has 1 aromatic heterocycles. The van der Waals surface area contributed by atoms with E-state index in [9.17, 15) is 0 Å². The maximum Gasteiger partial charge on any atom is 0.210 e. The molecular weight excluding hydrogens is 178 g/mol. The van der Waals surface area contributed by atoms with E-state index in [0.717, 1.165) is 5.62 Å². The van der Waals surface area contributed by atoms with E-state index in [1.807, 2.05) is 35.6 Å². The van der Waals surface area contributed by atoms with Crippen molar-refractivity contribution in [2.75, 3.05) is 0 Å². The fraction of sp³-hybridized carbons (Fsp3) is 0.333. The van der Waals surface area contributed by atoms with Crippen LogP contribution >= 0.6 is 24.8 Å². The Morgan fingerprint density at radius 3 is 2.27 bits per heavy atom. The fourth-order valence-corrected chi connectivity index (χ4v) is 0.997. The van der Waals surface area contributed by atoms with E-state index < -0.39 is 0 Å². The van der Waals surface area contributed by atoms with Crippen molar-refractivity contribution < 1.29 is 0 Å². The lowest BCUT2D eigenvalue weighted by Crippen LogP contribution is -2.22. The zero-order valence-corrected chi connectivity index (χ0v) is 8.06. The molecule has 0 aliphatic heterocycles. The van der Waals surface area contributed by atoms with Crippen LogP contribution in [0.2, 0.25) is 0 Å². The van der Waals surface area contributed by atoms with Crippen molar-refractivity contribution in [3.63, 3.8) is 0 Å². The lowest BCUT2D eigenvalue weighted by molar-refractivity contribution is 0.751. The Hall–Kier alpha value is -0.550. The predicted molar refractivity (Wildman–Crippen MR) is 51.5 cm³/mol. The van der Waals surface area contributed by atoms with Crippen LogP contribution in [0.15, 0.2) is 17.4 Å². The van der Waals surface area contributed by atoms with Gasteiger partial charge in [-0.1, -0.05) is 12.2 Å². The van der Waals surface area contributed by atoms with Crippen LogP contribution in [0, 0.1) is 0 Å². The fourth-order valence-electron chi connectivity index (χ4n) is 0.825. The highest BCUT2D eigenvalue weighted by atomic mass is 32.1. The van der Waals surface area contributed by atoms with E-state index in [2.05, 4.69) is 17.6 Å². The van der Waals surface area contributed by atoms with Crippen LogP contribution in [0.5, 0.6) is 0 Å². The highest BCUT2D eigenvalue weighted by Gasteiger charge is 1.91. The van der Waals surface area contributed by atoms with Crippen molar-refractivity contribution in [2.45, 2.75) is 0 Å². The summed E-state index contributed by atoms with van der Waals surface area (Å²) in [5.41, 5.74) is 0.796. The highest BCUT2D eigenvalue weighted by Crippen LogP contribution is 1.84. The largest absolute Gasteiger partial charge is 0.320 e. The second-order valence-electron chi connectivity index (χ2n) is 2.21. The molecule has 0 unspecified atom stereocenters. The molecule has 0 saturated heterocycles. The van der Waals surface area contributed by atoms with Crippen molar-refractivity contribution >= 4 is 29.2 Å². The molecular formula is C6H9N3S2. The standard InChI is InChI=1S/C6H9N3S2/c1-8-3-4-9(2)5(8)7-6(10)11/h3-4H,1-2H3,(H,10,11).